The Morgan fingerprint density at radius 3 is 2.71 bits per heavy atom. The Bertz CT molecular complexity index is 359. The molecule has 0 amide bonds. The van der Waals surface area contributed by atoms with Crippen LogP contribution in [0.2, 0.25) is 5.15 Å². The van der Waals surface area contributed by atoms with Crippen molar-refractivity contribution in [2.75, 3.05) is 11.9 Å². The van der Waals surface area contributed by atoms with Crippen molar-refractivity contribution in [1.29, 1.82) is 5.26 Å². The highest BCUT2D eigenvalue weighted by Crippen LogP contribution is 2.28. The molecule has 0 atom stereocenters. The minimum atomic E-state index is 0.170. The SMILES string of the molecule is CC(C)(C)CNc1snc(Cl)c1C#N. The molecule has 0 aliphatic heterocycles. The third-order valence-electron chi connectivity index (χ3n) is 1.54. The van der Waals surface area contributed by atoms with E-state index in [1.54, 1.807) is 0 Å². The highest BCUT2D eigenvalue weighted by atomic mass is 35.5. The third-order valence-corrected chi connectivity index (χ3v) is 2.72. The fourth-order valence-corrected chi connectivity index (χ4v) is 1.76. The number of aromatic nitrogens is 1. The van der Waals surface area contributed by atoms with Crippen LogP contribution in [0.15, 0.2) is 0 Å². The Morgan fingerprint density at radius 1 is 1.57 bits per heavy atom. The zero-order valence-corrected chi connectivity index (χ0v) is 9.96. The summed E-state index contributed by atoms with van der Waals surface area (Å²) in [7, 11) is 0. The van der Waals surface area contributed by atoms with Crippen LogP contribution >= 0.6 is 23.1 Å². The van der Waals surface area contributed by atoms with Gasteiger partial charge in [-0.15, -0.1) is 0 Å². The van der Waals surface area contributed by atoms with Crippen molar-refractivity contribution in [3.63, 3.8) is 0 Å². The molecule has 0 radical (unpaired) electrons. The Balaban J connectivity index is 2.74. The van der Waals surface area contributed by atoms with Gasteiger partial charge in [0, 0.05) is 6.54 Å². The molecule has 0 unspecified atom stereocenters. The van der Waals surface area contributed by atoms with E-state index < -0.39 is 0 Å². The molecule has 0 bridgehead atoms. The first-order valence-corrected chi connectivity index (χ1v) is 5.38. The standard InChI is InChI=1S/C9H12ClN3S/c1-9(2,3)5-12-8-6(4-11)7(10)13-14-8/h12H,5H2,1-3H3. The van der Waals surface area contributed by atoms with Gasteiger partial charge in [-0.3, -0.25) is 0 Å². The molecule has 0 spiro atoms. The molecule has 3 nitrogen and oxygen atoms in total. The van der Waals surface area contributed by atoms with Crippen LogP contribution in [0.3, 0.4) is 0 Å². The normalized spacial score (nSPS) is 11.1. The van der Waals surface area contributed by atoms with Crippen molar-refractivity contribution < 1.29 is 0 Å². The van der Waals surface area contributed by atoms with E-state index in [4.69, 9.17) is 16.9 Å². The smallest absolute Gasteiger partial charge is 0.162 e. The maximum Gasteiger partial charge on any atom is 0.162 e. The predicted molar refractivity (Wildman–Crippen MR) is 59.8 cm³/mol. The number of rotatable bonds is 2. The molecule has 1 aromatic rings. The van der Waals surface area contributed by atoms with E-state index in [-0.39, 0.29) is 10.6 Å². The molecular formula is C9H12ClN3S. The van der Waals surface area contributed by atoms with Gasteiger partial charge >= 0.3 is 0 Å². The molecule has 14 heavy (non-hydrogen) atoms. The van der Waals surface area contributed by atoms with Crippen molar-refractivity contribution in [1.82, 2.24) is 4.37 Å². The summed E-state index contributed by atoms with van der Waals surface area (Å²) in [6, 6.07) is 2.03. The molecular weight excluding hydrogens is 218 g/mol. The van der Waals surface area contributed by atoms with Crippen LogP contribution in [0.5, 0.6) is 0 Å². The Labute approximate surface area is 92.9 Å². The molecule has 0 aliphatic carbocycles. The summed E-state index contributed by atoms with van der Waals surface area (Å²) in [5.41, 5.74) is 0.615. The van der Waals surface area contributed by atoms with Gasteiger partial charge in [-0.25, -0.2) is 0 Å². The minimum Gasteiger partial charge on any atom is -0.374 e. The van der Waals surface area contributed by atoms with E-state index >= 15 is 0 Å². The summed E-state index contributed by atoms with van der Waals surface area (Å²) in [4.78, 5) is 0. The van der Waals surface area contributed by atoms with Gasteiger partial charge in [-0.2, -0.15) is 9.64 Å². The van der Waals surface area contributed by atoms with Crippen LogP contribution in [-0.4, -0.2) is 10.9 Å². The van der Waals surface area contributed by atoms with Gasteiger partial charge in [0.25, 0.3) is 0 Å². The first-order valence-electron chi connectivity index (χ1n) is 4.23. The molecule has 5 heteroatoms. The van der Waals surface area contributed by atoms with Gasteiger partial charge in [0.2, 0.25) is 0 Å². The summed E-state index contributed by atoms with van der Waals surface area (Å²) >= 11 is 6.96. The molecule has 0 saturated carbocycles. The lowest BCUT2D eigenvalue weighted by Gasteiger charge is -2.18. The average Bonchev–Trinajstić information content (AvgIpc) is 2.41. The number of halogens is 1. The molecule has 1 aromatic heterocycles. The highest BCUT2D eigenvalue weighted by Gasteiger charge is 2.15. The van der Waals surface area contributed by atoms with E-state index in [1.165, 1.54) is 11.5 Å². The maximum atomic E-state index is 8.81. The summed E-state index contributed by atoms with van der Waals surface area (Å²) in [6.07, 6.45) is 0. The van der Waals surface area contributed by atoms with Crippen molar-refractivity contribution >= 4 is 28.1 Å². The lowest BCUT2D eigenvalue weighted by Crippen LogP contribution is -2.18. The molecule has 1 N–H and O–H groups in total. The maximum absolute atomic E-state index is 8.81. The quantitative estimate of drug-likeness (QED) is 0.848. The van der Waals surface area contributed by atoms with E-state index in [1.807, 2.05) is 6.07 Å². The number of hydrogen-bond acceptors (Lipinski definition) is 4. The van der Waals surface area contributed by atoms with Crippen LogP contribution in [0.25, 0.3) is 0 Å². The zero-order chi connectivity index (χ0) is 10.8. The number of nitrogens with one attached hydrogen (secondary N) is 1. The van der Waals surface area contributed by atoms with Crippen molar-refractivity contribution in [3.8, 4) is 6.07 Å². The topological polar surface area (TPSA) is 48.7 Å². The third kappa shape index (κ3) is 2.86. The average molecular weight is 230 g/mol. The monoisotopic (exact) mass is 229 g/mol. The van der Waals surface area contributed by atoms with Crippen molar-refractivity contribution in [2.45, 2.75) is 20.8 Å². The highest BCUT2D eigenvalue weighted by molar-refractivity contribution is 7.10. The molecule has 0 saturated heterocycles. The second-order valence-electron chi connectivity index (χ2n) is 4.20. The molecule has 0 fully saturated rings. The fourth-order valence-electron chi connectivity index (χ4n) is 0.834. The van der Waals surface area contributed by atoms with E-state index in [0.717, 1.165) is 11.5 Å². The second-order valence-corrected chi connectivity index (χ2v) is 5.33. The number of nitrogens with zero attached hydrogens (tertiary/aromatic N) is 2. The number of nitriles is 1. The summed E-state index contributed by atoms with van der Waals surface area (Å²) in [6.45, 7) is 7.15. The Hall–Kier alpha value is -0.790. The van der Waals surface area contributed by atoms with Gasteiger partial charge < -0.3 is 5.32 Å². The Kier molecular flexibility index (Phi) is 3.35. The van der Waals surface area contributed by atoms with Crippen LogP contribution in [0.1, 0.15) is 26.3 Å². The van der Waals surface area contributed by atoms with Crippen molar-refractivity contribution in [2.24, 2.45) is 5.41 Å². The predicted octanol–water partition coefficient (Wildman–Crippen LogP) is 3.13. The van der Waals surface area contributed by atoms with Crippen molar-refractivity contribution in [3.05, 3.63) is 10.7 Å². The minimum absolute atomic E-state index is 0.170. The molecule has 1 heterocycles. The van der Waals surface area contributed by atoms with Gasteiger partial charge in [0.1, 0.15) is 16.6 Å². The summed E-state index contributed by atoms with van der Waals surface area (Å²) < 4.78 is 3.91. The van der Waals surface area contributed by atoms with Crippen LogP contribution < -0.4 is 5.32 Å². The number of hydrogen-bond donors (Lipinski definition) is 1. The van der Waals surface area contributed by atoms with Gasteiger partial charge in [-0.1, -0.05) is 32.4 Å². The summed E-state index contributed by atoms with van der Waals surface area (Å²) in [5, 5.41) is 13.0. The first-order chi connectivity index (χ1) is 6.44. The van der Waals surface area contributed by atoms with E-state index in [0.29, 0.717) is 5.56 Å². The fraction of sp³-hybridized carbons (Fsp3) is 0.556. The summed E-state index contributed by atoms with van der Waals surface area (Å²) in [5.74, 6) is 0. The van der Waals surface area contributed by atoms with E-state index in [2.05, 4.69) is 30.5 Å². The van der Waals surface area contributed by atoms with Gasteiger partial charge in [0.15, 0.2) is 5.15 Å². The largest absolute Gasteiger partial charge is 0.374 e. The molecule has 0 aliphatic rings. The zero-order valence-electron chi connectivity index (χ0n) is 8.39. The van der Waals surface area contributed by atoms with Crippen LogP contribution in [-0.2, 0) is 0 Å². The van der Waals surface area contributed by atoms with Crippen LogP contribution in [0, 0.1) is 16.7 Å². The molecule has 0 aromatic carbocycles. The Morgan fingerprint density at radius 2 is 2.21 bits per heavy atom. The van der Waals surface area contributed by atoms with Gasteiger partial charge in [0.05, 0.1) is 0 Å². The van der Waals surface area contributed by atoms with Crippen LogP contribution in [0.4, 0.5) is 5.00 Å². The molecule has 1 rings (SSSR count). The second kappa shape index (κ2) is 4.16. The van der Waals surface area contributed by atoms with Gasteiger partial charge in [-0.05, 0) is 16.9 Å². The molecule has 76 valence electrons. The lowest BCUT2D eigenvalue weighted by molar-refractivity contribution is 0.443. The lowest BCUT2D eigenvalue weighted by atomic mass is 9.97. The van der Waals surface area contributed by atoms with E-state index in [9.17, 15) is 0 Å². The first kappa shape index (κ1) is 11.3. The number of anilines is 1.